The Balaban J connectivity index is 0.00000624. The number of cyclic esters (lactones) is 1. The fourth-order valence-electron chi connectivity index (χ4n) is 17.9. The van der Waals surface area contributed by atoms with E-state index in [2.05, 4.69) is 48.7 Å². The van der Waals surface area contributed by atoms with Crippen LogP contribution in [0.25, 0.3) is 0 Å². The molecule has 99 heavy (non-hydrogen) atoms. The maximum absolute atomic E-state index is 14.8. The minimum Gasteiger partial charge on any atom is -0.726 e. The molecule has 0 amide bonds. The fraction of sp³-hybridized carbons (Fsp3) is 0.902. The zero-order chi connectivity index (χ0) is 71.2. The van der Waals surface area contributed by atoms with E-state index in [9.17, 15) is 91.7 Å². The number of hydrogen-bond acceptors (Lipinski definition) is 34. The van der Waals surface area contributed by atoms with Crippen LogP contribution in [0.2, 0.25) is 0 Å². The Bertz CT molecular complexity index is 3080. The summed E-state index contributed by atoms with van der Waals surface area (Å²) in [7, 11) is -10.0. The van der Waals surface area contributed by atoms with Gasteiger partial charge in [-0.1, -0.05) is 44.9 Å². The number of carbonyl (C=O) groups is 2. The molecule has 3 saturated carbocycles. The predicted molar refractivity (Wildman–Crippen MR) is 316 cm³/mol. The van der Waals surface area contributed by atoms with Crippen molar-refractivity contribution in [1.29, 1.82) is 0 Å². The topological polar surface area (TPSA) is 510 Å². The number of aliphatic hydroxyl groups excluding tert-OH is 11. The zero-order valence-electron chi connectivity index (χ0n) is 57.0. The number of aliphatic hydroxyl groups is 11. The van der Waals surface area contributed by atoms with Crippen molar-refractivity contribution >= 4 is 32.7 Å². The monoisotopic (exact) mass is 1480 g/mol. The minimum absolute atomic E-state index is 0. The van der Waals surface area contributed by atoms with Crippen molar-refractivity contribution in [2.75, 3.05) is 40.1 Å². The second-order valence-corrected chi connectivity index (χ2v) is 31.0. The first-order chi connectivity index (χ1) is 45.2. The molecular formula is C61H94Na2O34S2. The number of carbonyl (C=O) groups excluding carboxylic acids is 2. The van der Waals surface area contributed by atoms with Crippen molar-refractivity contribution in [3.63, 3.8) is 0 Å². The summed E-state index contributed by atoms with van der Waals surface area (Å²) in [6, 6.07) is 0. The largest absolute Gasteiger partial charge is 1.00 e. The third kappa shape index (κ3) is 16.4. The van der Waals surface area contributed by atoms with Crippen LogP contribution in [0.3, 0.4) is 0 Å². The first-order valence-electron chi connectivity index (χ1n) is 32.6. The fourth-order valence-corrected chi connectivity index (χ4v) is 18.5. The van der Waals surface area contributed by atoms with Crippen LogP contribution in [0.5, 0.6) is 0 Å². The Morgan fingerprint density at radius 1 is 0.646 bits per heavy atom. The van der Waals surface area contributed by atoms with E-state index in [0.717, 1.165) is 31.1 Å². The van der Waals surface area contributed by atoms with Gasteiger partial charge < -0.3 is 127 Å². The van der Waals surface area contributed by atoms with E-state index in [0.29, 0.717) is 44.9 Å². The summed E-state index contributed by atoms with van der Waals surface area (Å²) in [4.78, 5) is 27.6. The first kappa shape index (κ1) is 83.9. The average Bonchev–Trinajstić information content (AvgIpc) is 1.51. The third-order valence-corrected chi connectivity index (χ3v) is 23.4. The van der Waals surface area contributed by atoms with Gasteiger partial charge in [-0.2, -0.15) is 0 Å². The van der Waals surface area contributed by atoms with Crippen molar-refractivity contribution in [3.05, 3.63) is 23.8 Å². The number of methoxy groups -OCH3 is 1. The molecule has 0 aromatic carbocycles. The van der Waals surface area contributed by atoms with Crippen LogP contribution < -0.4 is 59.1 Å². The Morgan fingerprint density at radius 2 is 1.18 bits per heavy atom. The van der Waals surface area contributed by atoms with E-state index in [4.69, 9.17) is 61.6 Å². The molecule has 6 saturated heterocycles. The van der Waals surface area contributed by atoms with Crippen LogP contribution in [-0.2, 0) is 100 Å². The molecule has 0 aromatic rings. The molecule has 556 valence electrons. The van der Waals surface area contributed by atoms with Gasteiger partial charge in [-0.25, -0.2) is 16.8 Å². The summed E-state index contributed by atoms with van der Waals surface area (Å²) in [6.07, 6.45) is -39.8. The summed E-state index contributed by atoms with van der Waals surface area (Å²) in [5.41, 5.74) is -1.55. The van der Waals surface area contributed by atoms with E-state index in [1.54, 1.807) is 0 Å². The first-order valence-corrected chi connectivity index (χ1v) is 35.3. The predicted octanol–water partition coefficient (Wildman–Crippen LogP) is -9.43. The number of esters is 2. The zero-order valence-corrected chi connectivity index (χ0v) is 62.6. The number of fused-ring (bicyclic) bond motifs is 4. The summed E-state index contributed by atoms with van der Waals surface area (Å²) >= 11 is 0. The smallest absolute Gasteiger partial charge is 0.726 e. The molecular weight excluding hydrogens is 1390 g/mol. The standard InChI is InChI=1S/C61H96O34S2.2Na/c1-25(2)11-10-16-60(8)50-31(86-26(3)63)19-59(7)28-12-13-35-57(4,5)36(15-17-58(35,6)27(28)14-18-61(50,59)56(74)95-60)90-54-48(38(67)30(65)22-83-54)94-55-49(93-51-41(70)37(66)29(64)21-82-51)42(71)45(32(20-62)87-55)91-53-44(73)47(40(69)34(89-53)24-85-97(78,79)80)92-52-43(72)46(81-9)39(68)33(88-52)23-84-96(75,76)77;;/h12,27,29-55,62,64-73H,1,10-11,13-24H2,2-9H3,(H,75,76,77)(H,78,79,80);;/q;2*+1/p-2/t27-,29+,30+,31-,32+,33+,34+,35-,36?,37-,38-,39+,40+,41+,42-,43+,44+,45+,46-,47-,48+,49+,50?,51-,52-,53-,54-,55-,58+,59-,60-,61?;;/m0../s1. The summed E-state index contributed by atoms with van der Waals surface area (Å²) in [5, 5.41) is 124. The molecule has 6 heterocycles. The molecule has 10 rings (SSSR count). The molecule has 11 N–H and O–H groups in total. The second kappa shape index (κ2) is 32.2. The van der Waals surface area contributed by atoms with Gasteiger partial charge in [0.2, 0.25) is 20.8 Å². The van der Waals surface area contributed by atoms with E-state index in [1.807, 2.05) is 13.8 Å². The van der Waals surface area contributed by atoms with Crippen molar-refractivity contribution in [2.24, 2.45) is 39.4 Å². The van der Waals surface area contributed by atoms with Crippen LogP contribution in [0.1, 0.15) is 106 Å². The number of rotatable bonds is 23. The van der Waals surface area contributed by atoms with Crippen LogP contribution in [0.15, 0.2) is 23.8 Å². The molecule has 0 aromatic heterocycles. The van der Waals surface area contributed by atoms with Gasteiger partial charge in [-0.3, -0.25) is 18.0 Å². The Labute approximate surface area is 617 Å². The van der Waals surface area contributed by atoms with Gasteiger partial charge in [-0.15, -0.1) is 6.58 Å². The van der Waals surface area contributed by atoms with Crippen molar-refractivity contribution < 1.29 is 221 Å². The van der Waals surface area contributed by atoms with Crippen molar-refractivity contribution in [1.82, 2.24) is 0 Å². The van der Waals surface area contributed by atoms with Crippen LogP contribution in [0, 0.1) is 39.4 Å². The van der Waals surface area contributed by atoms with Gasteiger partial charge in [-0.05, 0) is 94.3 Å². The van der Waals surface area contributed by atoms with Crippen LogP contribution in [-0.4, -0.2) is 293 Å². The molecule has 38 heteroatoms. The molecule has 9 fully saturated rings. The molecule has 0 bridgehead atoms. The Hall–Kier alpha value is -0.720. The molecule has 10 aliphatic rings. The molecule has 34 nitrogen and oxygen atoms in total. The Kier molecular flexibility index (Phi) is 27.3. The van der Waals surface area contributed by atoms with E-state index in [1.165, 1.54) is 6.92 Å². The molecule has 0 radical (unpaired) electrons. The van der Waals surface area contributed by atoms with Crippen molar-refractivity contribution in [2.45, 2.75) is 265 Å². The van der Waals surface area contributed by atoms with Crippen LogP contribution in [0.4, 0.5) is 0 Å². The maximum atomic E-state index is 14.8. The quantitative estimate of drug-likeness (QED) is 0.0149. The van der Waals surface area contributed by atoms with Gasteiger partial charge in [0.15, 0.2) is 31.5 Å². The SMILES string of the molecule is C=C(C)CCC[C@]1(C)OC(=O)C23CC[C@H]4C(=CC[C@H]5C(C)(C)C(O[C@@H]6OC[C@@H](O)[C@H](O)[C@H]6O[C@@H]6O[C@H](CO)[C@@H](O[C@@H]7O[C@H](COS(=O)(=O)[O-])[C@@H](O)[C@H](O[C@@H]8O[C@H](COS(=O)(=O)[O-])[C@@H](O)[C@H](OC)[C@H]8O)[C@H]7O)[C@H](O)[C@H]6O[C@@H]6OC[C@@H](O)[C@H](O)[C@H]6O)CC[C@]45C)[C@]2(C)C[C@H](OC(C)=O)C31.[Na+].[Na+]. The normalized spacial score (nSPS) is 47.4. The molecule has 6 aliphatic heterocycles. The molecule has 32 atom stereocenters. The van der Waals surface area contributed by atoms with E-state index < -0.39 is 241 Å². The maximum Gasteiger partial charge on any atom is 1.00 e. The van der Waals surface area contributed by atoms with Gasteiger partial charge in [0.25, 0.3) is 0 Å². The van der Waals surface area contributed by atoms with Gasteiger partial charge in [0.05, 0.1) is 50.5 Å². The molecule has 3 unspecified atom stereocenters. The summed E-state index contributed by atoms with van der Waals surface area (Å²) in [5.74, 6) is -1.23. The molecule has 1 spiro atoms. The van der Waals surface area contributed by atoms with Gasteiger partial charge in [0, 0.05) is 19.4 Å². The van der Waals surface area contributed by atoms with Gasteiger partial charge in [0.1, 0.15) is 122 Å². The summed E-state index contributed by atoms with van der Waals surface area (Å²) in [6.45, 7) is 13.0. The van der Waals surface area contributed by atoms with E-state index in [-0.39, 0.29) is 82.3 Å². The number of ether oxygens (including phenoxy) is 13. The average molecular weight is 1480 g/mol. The number of hydrogen-bond donors (Lipinski definition) is 11. The minimum atomic E-state index is -5.58. The third-order valence-electron chi connectivity index (χ3n) is 22.6. The Morgan fingerprint density at radius 3 is 1.76 bits per heavy atom. The van der Waals surface area contributed by atoms with Crippen molar-refractivity contribution in [3.8, 4) is 0 Å². The van der Waals surface area contributed by atoms with Crippen LogP contribution >= 0.6 is 0 Å². The number of allylic oxidation sites excluding steroid dienone is 3. The summed E-state index contributed by atoms with van der Waals surface area (Å²) < 4.78 is 156. The van der Waals surface area contributed by atoms with Gasteiger partial charge >= 0.3 is 71.1 Å². The second-order valence-electron chi connectivity index (χ2n) is 28.9. The van der Waals surface area contributed by atoms with E-state index >= 15 is 0 Å². The molecule has 4 aliphatic carbocycles.